The van der Waals surface area contributed by atoms with E-state index in [0.29, 0.717) is 21.9 Å². The summed E-state index contributed by atoms with van der Waals surface area (Å²) in [5, 5.41) is 0.568. The van der Waals surface area contributed by atoms with Crippen molar-refractivity contribution in [2.24, 2.45) is 4.99 Å². The summed E-state index contributed by atoms with van der Waals surface area (Å²) in [5.74, 6) is 0.249. The van der Waals surface area contributed by atoms with Gasteiger partial charge in [-0.25, -0.2) is 4.39 Å². The van der Waals surface area contributed by atoms with Crippen LogP contribution in [0.1, 0.15) is 10.4 Å². The van der Waals surface area contributed by atoms with Gasteiger partial charge in [-0.15, -0.1) is 0 Å². The lowest BCUT2D eigenvalue weighted by Crippen LogP contribution is -2.18. The SMILES string of the molecule is CSCCn1c(=NC(=O)c2ccc(Cl)cc2)sc2cc(F)ccc21. The summed E-state index contributed by atoms with van der Waals surface area (Å²) in [6.07, 6.45) is 2.02. The van der Waals surface area contributed by atoms with E-state index in [0.717, 1.165) is 16.0 Å². The molecule has 1 heterocycles. The summed E-state index contributed by atoms with van der Waals surface area (Å²) in [5.41, 5.74) is 1.36. The number of fused-ring (bicyclic) bond motifs is 1. The Bertz CT molecular complexity index is 947. The summed E-state index contributed by atoms with van der Waals surface area (Å²) in [7, 11) is 0. The number of amides is 1. The van der Waals surface area contributed by atoms with E-state index in [1.807, 2.05) is 10.8 Å². The van der Waals surface area contributed by atoms with Crippen LogP contribution in [0, 0.1) is 5.82 Å². The van der Waals surface area contributed by atoms with Crippen LogP contribution in [0.3, 0.4) is 0 Å². The second-order valence-electron chi connectivity index (χ2n) is 5.06. The maximum atomic E-state index is 13.5. The minimum absolute atomic E-state index is 0.295. The number of carbonyl (C=O) groups is 1. The number of aromatic nitrogens is 1. The molecule has 0 spiro atoms. The maximum absolute atomic E-state index is 13.5. The number of rotatable bonds is 4. The molecule has 0 N–H and O–H groups in total. The van der Waals surface area contributed by atoms with Crippen molar-refractivity contribution in [2.75, 3.05) is 12.0 Å². The van der Waals surface area contributed by atoms with Gasteiger partial charge < -0.3 is 4.57 Å². The highest BCUT2D eigenvalue weighted by Gasteiger charge is 2.10. The standard InChI is InChI=1S/C17H14ClFN2OS2/c1-23-9-8-21-14-7-6-13(19)10-15(14)24-17(21)20-16(22)11-2-4-12(18)5-3-11/h2-7,10H,8-9H2,1H3. The van der Waals surface area contributed by atoms with Gasteiger partial charge in [0.15, 0.2) is 4.80 Å². The first kappa shape index (κ1) is 17.2. The van der Waals surface area contributed by atoms with Crippen molar-refractivity contribution >= 4 is 50.8 Å². The van der Waals surface area contributed by atoms with Crippen LogP contribution in [0.5, 0.6) is 0 Å². The normalized spacial score (nSPS) is 12.0. The molecule has 0 saturated carbocycles. The van der Waals surface area contributed by atoms with Gasteiger partial charge in [-0.2, -0.15) is 16.8 Å². The van der Waals surface area contributed by atoms with E-state index < -0.39 is 0 Å². The molecule has 0 saturated heterocycles. The van der Waals surface area contributed by atoms with Crippen molar-refractivity contribution in [2.45, 2.75) is 6.54 Å². The fourth-order valence-corrected chi connectivity index (χ4v) is 3.85. The molecule has 3 nitrogen and oxygen atoms in total. The number of halogens is 2. The summed E-state index contributed by atoms with van der Waals surface area (Å²) < 4.78 is 16.2. The molecule has 0 atom stereocenters. The number of hydrogen-bond donors (Lipinski definition) is 0. The average molecular weight is 381 g/mol. The Kier molecular flexibility index (Phi) is 5.38. The lowest BCUT2D eigenvalue weighted by Gasteiger charge is -2.03. The number of aryl methyl sites for hydroxylation is 1. The summed E-state index contributed by atoms with van der Waals surface area (Å²) >= 11 is 8.87. The topological polar surface area (TPSA) is 34.4 Å². The molecule has 1 amide bonds. The van der Waals surface area contributed by atoms with E-state index in [-0.39, 0.29) is 11.7 Å². The predicted octanol–water partition coefficient (Wildman–Crippen LogP) is 4.60. The fraction of sp³-hybridized carbons (Fsp3) is 0.176. The number of thiazole rings is 1. The van der Waals surface area contributed by atoms with Crippen molar-refractivity contribution < 1.29 is 9.18 Å². The van der Waals surface area contributed by atoms with Crippen molar-refractivity contribution in [3.05, 3.63) is 63.7 Å². The Labute approximate surface area is 151 Å². The minimum atomic E-state index is -0.336. The smallest absolute Gasteiger partial charge is 0.279 e. The first-order valence-electron chi connectivity index (χ1n) is 7.21. The van der Waals surface area contributed by atoms with Gasteiger partial charge in [0.25, 0.3) is 5.91 Å². The third-order valence-electron chi connectivity index (χ3n) is 3.45. The zero-order valence-electron chi connectivity index (χ0n) is 12.8. The van der Waals surface area contributed by atoms with Gasteiger partial charge in [0.05, 0.1) is 10.2 Å². The Morgan fingerprint density at radius 3 is 2.75 bits per heavy atom. The molecule has 7 heteroatoms. The first-order chi connectivity index (χ1) is 11.6. The molecule has 3 aromatic rings. The maximum Gasteiger partial charge on any atom is 0.279 e. The Morgan fingerprint density at radius 1 is 1.29 bits per heavy atom. The molecule has 1 aromatic heterocycles. The van der Waals surface area contributed by atoms with E-state index in [9.17, 15) is 9.18 Å². The van der Waals surface area contributed by atoms with Gasteiger partial charge in [0, 0.05) is 22.9 Å². The zero-order valence-corrected chi connectivity index (χ0v) is 15.2. The molecule has 0 aliphatic rings. The molecule has 0 radical (unpaired) electrons. The van der Waals surface area contributed by atoms with Crippen molar-refractivity contribution in [3.63, 3.8) is 0 Å². The number of carbonyl (C=O) groups excluding carboxylic acids is 1. The van der Waals surface area contributed by atoms with Gasteiger partial charge in [-0.05, 0) is 48.7 Å². The van der Waals surface area contributed by atoms with Crippen molar-refractivity contribution in [3.8, 4) is 0 Å². The molecule has 3 rings (SSSR count). The van der Waals surface area contributed by atoms with Crippen molar-refractivity contribution in [1.29, 1.82) is 0 Å². The monoisotopic (exact) mass is 380 g/mol. The molecular weight excluding hydrogens is 367 g/mol. The third-order valence-corrected chi connectivity index (χ3v) is 5.34. The Morgan fingerprint density at radius 2 is 2.04 bits per heavy atom. The number of nitrogens with zero attached hydrogens (tertiary/aromatic N) is 2. The summed E-state index contributed by atoms with van der Waals surface area (Å²) in [4.78, 5) is 17.2. The molecule has 24 heavy (non-hydrogen) atoms. The van der Waals surface area contributed by atoms with E-state index in [1.165, 1.54) is 23.5 Å². The second-order valence-corrected chi connectivity index (χ2v) is 7.50. The van der Waals surface area contributed by atoms with E-state index in [4.69, 9.17) is 11.6 Å². The minimum Gasteiger partial charge on any atom is -0.316 e. The van der Waals surface area contributed by atoms with Gasteiger partial charge in [-0.1, -0.05) is 22.9 Å². The zero-order chi connectivity index (χ0) is 17.1. The summed E-state index contributed by atoms with van der Waals surface area (Å²) in [6, 6.07) is 11.2. The number of benzene rings is 2. The quantitative estimate of drug-likeness (QED) is 0.663. The lowest BCUT2D eigenvalue weighted by molar-refractivity contribution is 0.0998. The van der Waals surface area contributed by atoms with Crippen molar-refractivity contribution in [1.82, 2.24) is 4.57 Å². The predicted molar refractivity (Wildman–Crippen MR) is 99.5 cm³/mol. The van der Waals surface area contributed by atoms with Gasteiger partial charge in [0.2, 0.25) is 0 Å². The van der Waals surface area contributed by atoms with Crippen LogP contribution in [0.25, 0.3) is 10.2 Å². The first-order valence-corrected chi connectivity index (χ1v) is 9.80. The molecule has 2 aromatic carbocycles. The van der Waals surface area contributed by atoms with E-state index in [2.05, 4.69) is 4.99 Å². The highest BCUT2D eigenvalue weighted by atomic mass is 35.5. The van der Waals surface area contributed by atoms with E-state index >= 15 is 0 Å². The van der Waals surface area contributed by atoms with Crippen LogP contribution in [0.2, 0.25) is 5.02 Å². The number of thioether (sulfide) groups is 1. The Balaban J connectivity index is 2.09. The highest BCUT2D eigenvalue weighted by Crippen LogP contribution is 2.19. The highest BCUT2D eigenvalue weighted by molar-refractivity contribution is 7.98. The van der Waals surface area contributed by atoms with E-state index in [1.54, 1.807) is 42.1 Å². The van der Waals surface area contributed by atoms with Crippen LogP contribution in [0.4, 0.5) is 4.39 Å². The lowest BCUT2D eigenvalue weighted by atomic mass is 10.2. The van der Waals surface area contributed by atoms with Crippen LogP contribution in [0.15, 0.2) is 47.5 Å². The van der Waals surface area contributed by atoms with Crippen LogP contribution < -0.4 is 4.80 Å². The molecule has 124 valence electrons. The summed E-state index contributed by atoms with van der Waals surface area (Å²) in [6.45, 7) is 0.708. The fourth-order valence-electron chi connectivity index (χ4n) is 2.27. The second kappa shape index (κ2) is 7.51. The Hall–Kier alpha value is -1.63. The molecule has 0 fully saturated rings. The third kappa shape index (κ3) is 3.71. The molecule has 0 aliphatic heterocycles. The molecule has 0 unspecified atom stereocenters. The average Bonchev–Trinajstić information content (AvgIpc) is 2.89. The van der Waals surface area contributed by atoms with Crippen LogP contribution >= 0.6 is 34.7 Å². The van der Waals surface area contributed by atoms with Crippen LogP contribution in [-0.4, -0.2) is 22.5 Å². The van der Waals surface area contributed by atoms with Gasteiger partial charge in [-0.3, -0.25) is 4.79 Å². The molecular formula is C17H14ClFN2OS2. The molecule has 0 aliphatic carbocycles. The van der Waals surface area contributed by atoms with Gasteiger partial charge >= 0.3 is 0 Å². The van der Waals surface area contributed by atoms with Gasteiger partial charge in [0.1, 0.15) is 5.82 Å². The molecule has 0 bridgehead atoms. The van der Waals surface area contributed by atoms with Crippen LogP contribution in [-0.2, 0) is 6.54 Å². The largest absolute Gasteiger partial charge is 0.316 e. The number of hydrogen-bond acceptors (Lipinski definition) is 3.